The molecule has 0 aliphatic carbocycles. The van der Waals surface area contributed by atoms with E-state index in [1.54, 1.807) is 23.9 Å². The summed E-state index contributed by atoms with van der Waals surface area (Å²) in [7, 11) is 0. The number of amides is 1. The van der Waals surface area contributed by atoms with Crippen LogP contribution in [0.3, 0.4) is 0 Å². The van der Waals surface area contributed by atoms with Crippen LogP contribution < -0.4 is 5.32 Å². The molecular formula is C22H19BrN4O2S. The number of aromatic amines is 1. The third-order valence-electron chi connectivity index (χ3n) is 4.38. The zero-order valence-corrected chi connectivity index (χ0v) is 18.6. The predicted octanol–water partition coefficient (Wildman–Crippen LogP) is 5.93. The number of benzene rings is 2. The molecule has 0 spiro atoms. The minimum Gasteiger partial charge on any atom is -0.451 e. The molecule has 0 unspecified atom stereocenters. The summed E-state index contributed by atoms with van der Waals surface area (Å²) in [6, 6.07) is 18.9. The maximum absolute atomic E-state index is 12.5. The van der Waals surface area contributed by atoms with Gasteiger partial charge >= 0.3 is 0 Å². The Hall–Kier alpha value is -2.84. The van der Waals surface area contributed by atoms with Gasteiger partial charge in [0.1, 0.15) is 11.6 Å². The van der Waals surface area contributed by atoms with Crippen molar-refractivity contribution in [2.45, 2.75) is 24.3 Å². The van der Waals surface area contributed by atoms with Crippen LogP contribution in [-0.4, -0.2) is 21.1 Å². The van der Waals surface area contributed by atoms with Crippen LogP contribution >= 0.6 is 27.7 Å². The summed E-state index contributed by atoms with van der Waals surface area (Å²) in [5.74, 6) is 2.27. The van der Waals surface area contributed by atoms with Crippen LogP contribution in [0.5, 0.6) is 0 Å². The first-order valence-corrected chi connectivity index (χ1v) is 11.2. The van der Waals surface area contributed by atoms with Gasteiger partial charge < -0.3 is 9.73 Å². The number of nitrogens with one attached hydrogen (secondary N) is 2. The summed E-state index contributed by atoms with van der Waals surface area (Å²) >= 11 is 4.98. The fraction of sp³-hybridized carbons (Fsp3) is 0.136. The fourth-order valence-corrected chi connectivity index (χ4v) is 3.79. The molecule has 8 heteroatoms. The van der Waals surface area contributed by atoms with Crippen molar-refractivity contribution in [2.75, 3.05) is 5.32 Å². The quantitative estimate of drug-likeness (QED) is 0.318. The van der Waals surface area contributed by atoms with Crippen LogP contribution in [-0.2, 0) is 12.2 Å². The standard InChI is InChI=1S/C22H19BrN4O2S/c1-2-20-25-22(27-26-20)30-13-14-3-9-17(10-4-14)24-21(28)19-12-11-18(29-19)15-5-7-16(23)8-6-15/h3-12H,2,13H2,1H3,(H,24,28)(H,25,26,27). The number of hydrogen-bond donors (Lipinski definition) is 2. The molecule has 4 rings (SSSR count). The van der Waals surface area contributed by atoms with Crippen LogP contribution in [0.4, 0.5) is 5.69 Å². The van der Waals surface area contributed by atoms with E-state index in [0.29, 0.717) is 11.4 Å². The van der Waals surface area contributed by atoms with E-state index in [-0.39, 0.29) is 11.7 Å². The molecule has 2 heterocycles. The first-order chi connectivity index (χ1) is 14.6. The normalized spacial score (nSPS) is 10.9. The van der Waals surface area contributed by atoms with Gasteiger partial charge in [0, 0.05) is 27.9 Å². The lowest BCUT2D eigenvalue weighted by Crippen LogP contribution is -2.10. The van der Waals surface area contributed by atoms with E-state index in [4.69, 9.17) is 4.42 Å². The van der Waals surface area contributed by atoms with Gasteiger partial charge in [-0.25, -0.2) is 4.98 Å². The highest BCUT2D eigenvalue weighted by molar-refractivity contribution is 9.10. The Labute approximate surface area is 186 Å². The first-order valence-electron chi connectivity index (χ1n) is 9.41. The highest BCUT2D eigenvalue weighted by atomic mass is 79.9. The van der Waals surface area contributed by atoms with Gasteiger partial charge in [-0.15, -0.1) is 5.10 Å². The molecule has 0 bridgehead atoms. The first kappa shape index (κ1) is 20.4. The topological polar surface area (TPSA) is 83.8 Å². The second-order valence-corrected chi connectivity index (χ2v) is 8.39. The number of nitrogens with zero attached hydrogens (tertiary/aromatic N) is 2. The maximum atomic E-state index is 12.5. The molecule has 0 radical (unpaired) electrons. The van der Waals surface area contributed by atoms with E-state index in [2.05, 4.69) is 36.4 Å². The lowest BCUT2D eigenvalue weighted by molar-refractivity contribution is 0.0997. The Kier molecular flexibility index (Phi) is 6.35. The second-order valence-electron chi connectivity index (χ2n) is 6.53. The zero-order valence-electron chi connectivity index (χ0n) is 16.2. The van der Waals surface area contributed by atoms with Crippen molar-refractivity contribution in [1.82, 2.24) is 15.2 Å². The van der Waals surface area contributed by atoms with Crippen molar-refractivity contribution in [3.8, 4) is 11.3 Å². The highest BCUT2D eigenvalue weighted by Gasteiger charge is 2.13. The number of carbonyl (C=O) groups is 1. The van der Waals surface area contributed by atoms with E-state index in [9.17, 15) is 4.79 Å². The van der Waals surface area contributed by atoms with Crippen molar-refractivity contribution < 1.29 is 9.21 Å². The Balaban J connectivity index is 1.35. The van der Waals surface area contributed by atoms with Gasteiger partial charge in [0.15, 0.2) is 5.76 Å². The molecule has 0 aliphatic heterocycles. The highest BCUT2D eigenvalue weighted by Crippen LogP contribution is 2.25. The summed E-state index contributed by atoms with van der Waals surface area (Å²) in [6.45, 7) is 2.03. The summed E-state index contributed by atoms with van der Waals surface area (Å²) < 4.78 is 6.71. The van der Waals surface area contributed by atoms with Gasteiger partial charge in [0.05, 0.1) is 0 Å². The summed E-state index contributed by atoms with van der Waals surface area (Å²) in [5.41, 5.74) is 2.74. The molecule has 1 amide bonds. The van der Waals surface area contributed by atoms with Gasteiger partial charge in [-0.2, -0.15) is 0 Å². The maximum Gasteiger partial charge on any atom is 0.291 e. The third kappa shape index (κ3) is 5.01. The van der Waals surface area contributed by atoms with Crippen molar-refractivity contribution in [3.63, 3.8) is 0 Å². The Morgan fingerprint density at radius 2 is 1.87 bits per heavy atom. The van der Waals surface area contributed by atoms with Gasteiger partial charge in [0.25, 0.3) is 5.91 Å². The molecule has 2 N–H and O–H groups in total. The van der Waals surface area contributed by atoms with Crippen LogP contribution in [0, 0.1) is 0 Å². The molecule has 2 aromatic heterocycles. The number of H-pyrrole nitrogens is 1. The average Bonchev–Trinajstić information content (AvgIpc) is 3.44. The number of thioether (sulfide) groups is 1. The van der Waals surface area contributed by atoms with Crippen LogP contribution in [0.2, 0.25) is 0 Å². The number of aryl methyl sites for hydroxylation is 1. The van der Waals surface area contributed by atoms with Gasteiger partial charge in [-0.05, 0) is 42.0 Å². The van der Waals surface area contributed by atoms with Gasteiger partial charge in [-0.3, -0.25) is 9.89 Å². The van der Waals surface area contributed by atoms with E-state index in [1.807, 2.05) is 55.5 Å². The molecular weight excluding hydrogens is 464 g/mol. The smallest absolute Gasteiger partial charge is 0.291 e. The monoisotopic (exact) mass is 482 g/mol. The average molecular weight is 483 g/mol. The van der Waals surface area contributed by atoms with Gasteiger partial charge in [-0.1, -0.05) is 58.9 Å². The SMILES string of the molecule is CCc1nc(SCc2ccc(NC(=O)c3ccc(-c4ccc(Br)cc4)o3)cc2)n[nH]1. The van der Waals surface area contributed by atoms with Crippen LogP contribution in [0.25, 0.3) is 11.3 Å². The molecule has 0 fully saturated rings. The number of carbonyl (C=O) groups excluding carboxylic acids is 1. The van der Waals surface area contributed by atoms with Gasteiger partial charge in [0.2, 0.25) is 5.16 Å². The fourth-order valence-electron chi connectivity index (χ4n) is 2.75. The lowest BCUT2D eigenvalue weighted by atomic mass is 10.2. The Bertz CT molecular complexity index is 1140. The summed E-state index contributed by atoms with van der Waals surface area (Å²) in [5, 5.41) is 10.7. The molecule has 0 aliphatic rings. The van der Waals surface area contributed by atoms with E-state index >= 15 is 0 Å². The second kappa shape index (κ2) is 9.32. The minimum absolute atomic E-state index is 0.267. The molecule has 152 valence electrons. The Morgan fingerprint density at radius 3 is 2.57 bits per heavy atom. The number of hydrogen-bond acceptors (Lipinski definition) is 5. The molecule has 6 nitrogen and oxygen atoms in total. The zero-order chi connectivity index (χ0) is 20.9. The van der Waals surface area contributed by atoms with Crippen molar-refractivity contribution in [3.05, 3.63) is 82.3 Å². The van der Waals surface area contributed by atoms with Crippen molar-refractivity contribution >= 4 is 39.3 Å². The Morgan fingerprint density at radius 1 is 1.10 bits per heavy atom. The number of anilines is 1. The van der Waals surface area contributed by atoms with E-state index in [0.717, 1.165) is 38.8 Å². The molecule has 0 saturated heterocycles. The number of aromatic nitrogens is 3. The summed E-state index contributed by atoms with van der Waals surface area (Å²) in [4.78, 5) is 16.9. The minimum atomic E-state index is -0.284. The van der Waals surface area contributed by atoms with Crippen LogP contribution in [0.1, 0.15) is 28.9 Å². The molecule has 2 aromatic carbocycles. The molecule has 0 saturated carbocycles. The van der Waals surface area contributed by atoms with Crippen molar-refractivity contribution in [1.29, 1.82) is 0 Å². The number of furan rings is 1. The lowest BCUT2D eigenvalue weighted by Gasteiger charge is -2.05. The van der Waals surface area contributed by atoms with Crippen molar-refractivity contribution in [2.24, 2.45) is 0 Å². The third-order valence-corrected chi connectivity index (χ3v) is 5.83. The molecule has 4 aromatic rings. The van der Waals surface area contributed by atoms with Crippen LogP contribution in [0.15, 0.2) is 74.7 Å². The number of rotatable bonds is 7. The summed E-state index contributed by atoms with van der Waals surface area (Å²) in [6.07, 6.45) is 0.836. The number of halogens is 1. The largest absolute Gasteiger partial charge is 0.451 e. The predicted molar refractivity (Wildman–Crippen MR) is 122 cm³/mol. The molecule has 30 heavy (non-hydrogen) atoms. The molecule has 0 atom stereocenters. The van der Waals surface area contributed by atoms with E-state index < -0.39 is 0 Å². The van der Waals surface area contributed by atoms with E-state index in [1.165, 1.54) is 0 Å².